The summed E-state index contributed by atoms with van der Waals surface area (Å²) in [7, 11) is 0. The minimum Gasteiger partial charge on any atom is -0.364 e. The van der Waals surface area contributed by atoms with Crippen molar-refractivity contribution in [1.29, 1.82) is 0 Å². The Morgan fingerprint density at radius 2 is 1.84 bits per heavy atom. The number of aryl methyl sites for hydroxylation is 1. The van der Waals surface area contributed by atoms with Crippen LogP contribution in [0.4, 0.5) is 5.69 Å². The molecular formula is C15H18N2O2. The maximum absolute atomic E-state index is 12.0. The molecule has 19 heavy (non-hydrogen) atoms. The summed E-state index contributed by atoms with van der Waals surface area (Å²) < 4.78 is 4.76. The largest absolute Gasteiger partial charge is 0.364 e. The zero-order chi connectivity index (χ0) is 14.0. The summed E-state index contributed by atoms with van der Waals surface area (Å²) in [6, 6.07) is 7.86. The van der Waals surface area contributed by atoms with Crippen LogP contribution in [-0.2, 0) is 5.41 Å². The standard InChI is InChI=1S/C15H18N2O2/c1-10-13(9-19-17-10)14(18)16-12-7-5-11(6-8-12)15(2,3)4/h5-9H,1-4H3,(H,16,18). The number of nitrogens with zero attached hydrogens (tertiary/aromatic N) is 1. The molecule has 0 atom stereocenters. The molecule has 1 amide bonds. The molecule has 1 heterocycles. The summed E-state index contributed by atoms with van der Waals surface area (Å²) in [4.78, 5) is 12.0. The third kappa shape index (κ3) is 3.02. The van der Waals surface area contributed by atoms with Crippen LogP contribution in [-0.4, -0.2) is 11.1 Å². The molecule has 4 heteroatoms. The molecule has 0 saturated heterocycles. The van der Waals surface area contributed by atoms with Gasteiger partial charge in [0.15, 0.2) is 0 Å². The van der Waals surface area contributed by atoms with Crippen LogP contribution < -0.4 is 5.32 Å². The van der Waals surface area contributed by atoms with E-state index in [4.69, 9.17) is 4.52 Å². The highest BCUT2D eigenvalue weighted by molar-refractivity contribution is 6.04. The Hall–Kier alpha value is -2.10. The highest BCUT2D eigenvalue weighted by atomic mass is 16.5. The minimum atomic E-state index is -0.206. The molecule has 0 fully saturated rings. The first kappa shape index (κ1) is 13.3. The van der Waals surface area contributed by atoms with Crippen LogP contribution in [0.2, 0.25) is 0 Å². The van der Waals surface area contributed by atoms with Gasteiger partial charge in [-0.2, -0.15) is 0 Å². The second kappa shape index (κ2) is 4.88. The van der Waals surface area contributed by atoms with Crippen molar-refractivity contribution >= 4 is 11.6 Å². The lowest BCUT2D eigenvalue weighted by molar-refractivity contribution is 0.102. The van der Waals surface area contributed by atoms with E-state index in [0.717, 1.165) is 5.69 Å². The molecule has 0 unspecified atom stereocenters. The maximum Gasteiger partial charge on any atom is 0.260 e. The number of carbonyl (C=O) groups is 1. The number of amides is 1. The molecule has 0 radical (unpaired) electrons. The van der Waals surface area contributed by atoms with Gasteiger partial charge in [-0.05, 0) is 30.0 Å². The summed E-state index contributed by atoms with van der Waals surface area (Å²) in [6.07, 6.45) is 1.36. The highest BCUT2D eigenvalue weighted by Crippen LogP contribution is 2.23. The SMILES string of the molecule is Cc1nocc1C(=O)Nc1ccc(C(C)(C)C)cc1. The van der Waals surface area contributed by atoms with Crippen LogP contribution >= 0.6 is 0 Å². The van der Waals surface area contributed by atoms with E-state index in [1.54, 1.807) is 6.92 Å². The average molecular weight is 258 g/mol. The van der Waals surface area contributed by atoms with Crippen LogP contribution in [0.5, 0.6) is 0 Å². The Labute approximate surface area is 112 Å². The van der Waals surface area contributed by atoms with Gasteiger partial charge in [-0.1, -0.05) is 38.1 Å². The van der Waals surface area contributed by atoms with E-state index in [-0.39, 0.29) is 11.3 Å². The lowest BCUT2D eigenvalue weighted by atomic mass is 9.87. The monoisotopic (exact) mass is 258 g/mol. The van der Waals surface area contributed by atoms with Crippen molar-refractivity contribution in [1.82, 2.24) is 5.16 Å². The van der Waals surface area contributed by atoms with Crippen LogP contribution in [0.3, 0.4) is 0 Å². The zero-order valence-electron chi connectivity index (χ0n) is 11.7. The van der Waals surface area contributed by atoms with Crippen LogP contribution in [0.1, 0.15) is 42.4 Å². The molecule has 4 nitrogen and oxygen atoms in total. The van der Waals surface area contributed by atoms with Gasteiger partial charge in [0.25, 0.3) is 5.91 Å². The molecule has 2 rings (SSSR count). The molecular weight excluding hydrogens is 240 g/mol. The van der Waals surface area contributed by atoms with Crippen LogP contribution in [0, 0.1) is 6.92 Å². The number of nitrogens with one attached hydrogen (secondary N) is 1. The zero-order valence-corrected chi connectivity index (χ0v) is 11.7. The Morgan fingerprint density at radius 3 is 2.32 bits per heavy atom. The highest BCUT2D eigenvalue weighted by Gasteiger charge is 2.15. The van der Waals surface area contributed by atoms with Crippen molar-refractivity contribution in [3.8, 4) is 0 Å². The van der Waals surface area contributed by atoms with Crippen LogP contribution in [0.15, 0.2) is 35.1 Å². The van der Waals surface area contributed by atoms with Gasteiger partial charge in [0.1, 0.15) is 11.8 Å². The predicted octanol–water partition coefficient (Wildman–Crippen LogP) is 3.53. The Kier molecular flexibility index (Phi) is 3.42. The Balaban J connectivity index is 2.12. The van der Waals surface area contributed by atoms with Gasteiger partial charge < -0.3 is 9.84 Å². The van der Waals surface area contributed by atoms with Gasteiger partial charge in [0.05, 0.1) is 5.69 Å². The van der Waals surface area contributed by atoms with Gasteiger partial charge in [0.2, 0.25) is 0 Å². The third-order valence-corrected chi connectivity index (χ3v) is 3.00. The third-order valence-electron chi connectivity index (χ3n) is 3.00. The Bertz CT molecular complexity index is 577. The van der Waals surface area contributed by atoms with Crippen molar-refractivity contribution in [3.05, 3.63) is 47.3 Å². The van der Waals surface area contributed by atoms with Crippen molar-refractivity contribution in [2.75, 3.05) is 5.32 Å². The van der Waals surface area contributed by atoms with E-state index in [9.17, 15) is 4.79 Å². The fourth-order valence-corrected chi connectivity index (χ4v) is 1.76. The Morgan fingerprint density at radius 1 is 1.21 bits per heavy atom. The fourth-order valence-electron chi connectivity index (χ4n) is 1.76. The first-order chi connectivity index (χ1) is 8.88. The number of aromatic nitrogens is 1. The van der Waals surface area contributed by atoms with Crippen molar-refractivity contribution in [2.45, 2.75) is 33.1 Å². The summed E-state index contributed by atoms with van der Waals surface area (Å²) in [6.45, 7) is 8.20. The van der Waals surface area contributed by atoms with Crippen molar-refractivity contribution in [3.63, 3.8) is 0 Å². The van der Waals surface area contributed by atoms with E-state index in [2.05, 4.69) is 31.2 Å². The summed E-state index contributed by atoms with van der Waals surface area (Å²) in [5, 5.41) is 6.51. The van der Waals surface area contributed by atoms with E-state index >= 15 is 0 Å². The van der Waals surface area contributed by atoms with E-state index in [0.29, 0.717) is 11.3 Å². The molecule has 1 aromatic heterocycles. The molecule has 0 spiro atoms. The molecule has 2 aromatic rings. The predicted molar refractivity (Wildman–Crippen MR) is 74.3 cm³/mol. The van der Waals surface area contributed by atoms with Gasteiger partial charge >= 0.3 is 0 Å². The second-order valence-electron chi connectivity index (χ2n) is 5.60. The molecule has 1 N–H and O–H groups in total. The first-order valence-electron chi connectivity index (χ1n) is 6.21. The number of benzene rings is 1. The summed E-state index contributed by atoms with van der Waals surface area (Å²) >= 11 is 0. The van der Waals surface area contributed by atoms with Gasteiger partial charge in [-0.15, -0.1) is 0 Å². The topological polar surface area (TPSA) is 55.1 Å². The molecule has 100 valence electrons. The summed E-state index contributed by atoms with van der Waals surface area (Å²) in [5.74, 6) is -0.206. The summed E-state index contributed by atoms with van der Waals surface area (Å²) in [5.41, 5.74) is 3.14. The molecule has 0 aliphatic carbocycles. The number of anilines is 1. The fraction of sp³-hybridized carbons (Fsp3) is 0.333. The number of hydrogen-bond donors (Lipinski definition) is 1. The number of hydrogen-bond acceptors (Lipinski definition) is 3. The maximum atomic E-state index is 12.0. The minimum absolute atomic E-state index is 0.105. The second-order valence-corrected chi connectivity index (χ2v) is 5.60. The van der Waals surface area contributed by atoms with Crippen molar-refractivity contribution in [2.24, 2.45) is 0 Å². The van der Waals surface area contributed by atoms with Gasteiger partial charge in [-0.3, -0.25) is 4.79 Å². The quantitative estimate of drug-likeness (QED) is 0.896. The molecule has 0 bridgehead atoms. The molecule has 0 aliphatic heterocycles. The van der Waals surface area contributed by atoms with Gasteiger partial charge in [0, 0.05) is 5.69 Å². The number of carbonyl (C=O) groups excluding carboxylic acids is 1. The van der Waals surface area contributed by atoms with E-state index in [1.807, 2.05) is 24.3 Å². The van der Waals surface area contributed by atoms with Crippen LogP contribution in [0.25, 0.3) is 0 Å². The van der Waals surface area contributed by atoms with Gasteiger partial charge in [-0.25, -0.2) is 0 Å². The smallest absolute Gasteiger partial charge is 0.260 e. The molecule has 0 aliphatic rings. The van der Waals surface area contributed by atoms with E-state index in [1.165, 1.54) is 11.8 Å². The number of rotatable bonds is 2. The molecule has 0 saturated carbocycles. The lowest BCUT2D eigenvalue weighted by Crippen LogP contribution is -2.13. The first-order valence-corrected chi connectivity index (χ1v) is 6.21. The lowest BCUT2D eigenvalue weighted by Gasteiger charge is -2.19. The molecule has 1 aromatic carbocycles. The average Bonchev–Trinajstić information content (AvgIpc) is 2.75. The normalized spacial score (nSPS) is 11.4. The van der Waals surface area contributed by atoms with Crippen molar-refractivity contribution < 1.29 is 9.32 Å². The van der Waals surface area contributed by atoms with E-state index < -0.39 is 0 Å².